The molecular weight excluding hydrogens is 408 g/mol. The van der Waals surface area contributed by atoms with Crippen molar-refractivity contribution in [1.29, 1.82) is 0 Å². The summed E-state index contributed by atoms with van der Waals surface area (Å²) < 4.78 is 11.0. The second kappa shape index (κ2) is 9.96. The summed E-state index contributed by atoms with van der Waals surface area (Å²) in [6, 6.07) is 6.41. The van der Waals surface area contributed by atoms with Crippen LogP contribution in [0.1, 0.15) is 48.6 Å². The van der Waals surface area contributed by atoms with Gasteiger partial charge in [0.2, 0.25) is 0 Å². The average Bonchev–Trinajstić information content (AvgIpc) is 3.02. The summed E-state index contributed by atoms with van der Waals surface area (Å²) in [5.74, 6) is -0.813. The van der Waals surface area contributed by atoms with Crippen LogP contribution in [0.5, 0.6) is 5.75 Å². The second-order valence-electron chi connectivity index (χ2n) is 8.18. The normalized spacial score (nSPS) is 17.9. The first kappa shape index (κ1) is 23.5. The number of ketones is 1. The van der Waals surface area contributed by atoms with Crippen molar-refractivity contribution in [2.45, 2.75) is 46.3 Å². The molecule has 0 aliphatic carbocycles. The number of aliphatic hydroxyl groups is 1. The third-order valence-electron chi connectivity index (χ3n) is 5.55. The highest BCUT2D eigenvalue weighted by atomic mass is 16.5. The molecule has 2 heterocycles. The molecule has 7 nitrogen and oxygen atoms in total. The first-order chi connectivity index (χ1) is 15.3. The third-order valence-corrected chi connectivity index (χ3v) is 5.55. The molecule has 3 rings (SSSR count). The highest BCUT2D eigenvalue weighted by molar-refractivity contribution is 6.46. The monoisotopic (exact) mass is 438 g/mol. The Hall–Kier alpha value is -3.19. The van der Waals surface area contributed by atoms with E-state index in [1.807, 2.05) is 33.8 Å². The lowest BCUT2D eigenvalue weighted by molar-refractivity contribution is -0.140. The molecule has 1 aromatic heterocycles. The minimum atomic E-state index is -0.696. The predicted octanol–water partition coefficient (Wildman–Crippen LogP) is 3.94. The molecule has 1 atom stereocenters. The van der Waals surface area contributed by atoms with Gasteiger partial charge in [-0.3, -0.25) is 14.6 Å². The number of carbonyl (C=O) groups is 2. The van der Waals surface area contributed by atoms with Gasteiger partial charge >= 0.3 is 0 Å². The number of Topliss-reactive ketones (excluding diaryl/α,β-unsaturated/α-hetero) is 1. The number of benzene rings is 1. The molecule has 1 aliphatic rings. The van der Waals surface area contributed by atoms with Gasteiger partial charge in [0.1, 0.15) is 11.5 Å². The molecule has 7 heteroatoms. The lowest BCUT2D eigenvalue weighted by Crippen LogP contribution is -2.31. The topological polar surface area (TPSA) is 89.0 Å². The SMILES string of the molecule is COc1cc(C)c(/C(O)=C2\C(=O)C(=O)N(CCCOC(C)C)C2c2ccncc2)cc1C. The lowest BCUT2D eigenvalue weighted by Gasteiger charge is -2.25. The van der Waals surface area contributed by atoms with Crippen LogP contribution in [-0.2, 0) is 14.3 Å². The second-order valence-corrected chi connectivity index (χ2v) is 8.18. The molecule has 1 aliphatic heterocycles. The van der Waals surface area contributed by atoms with Gasteiger partial charge in [0.25, 0.3) is 11.7 Å². The van der Waals surface area contributed by atoms with Crippen LogP contribution in [0.25, 0.3) is 5.76 Å². The van der Waals surface area contributed by atoms with Crippen molar-refractivity contribution in [3.05, 3.63) is 64.5 Å². The quantitative estimate of drug-likeness (QED) is 0.291. The summed E-state index contributed by atoms with van der Waals surface area (Å²) in [5.41, 5.74) is 2.87. The van der Waals surface area contributed by atoms with E-state index in [1.54, 1.807) is 37.7 Å². The van der Waals surface area contributed by atoms with E-state index in [0.717, 1.165) is 11.1 Å². The molecule has 0 spiro atoms. The van der Waals surface area contributed by atoms with Crippen molar-refractivity contribution < 1.29 is 24.2 Å². The van der Waals surface area contributed by atoms with Crippen molar-refractivity contribution in [1.82, 2.24) is 9.88 Å². The average molecular weight is 439 g/mol. The van der Waals surface area contributed by atoms with E-state index < -0.39 is 17.7 Å². The Bertz CT molecular complexity index is 1030. The zero-order valence-corrected chi connectivity index (χ0v) is 19.2. The highest BCUT2D eigenvalue weighted by Crippen LogP contribution is 2.40. The number of pyridine rings is 1. The Balaban J connectivity index is 2.07. The van der Waals surface area contributed by atoms with Gasteiger partial charge in [-0.2, -0.15) is 0 Å². The number of methoxy groups -OCH3 is 1. The van der Waals surface area contributed by atoms with Crippen molar-refractivity contribution in [3.63, 3.8) is 0 Å². The Kier molecular flexibility index (Phi) is 7.30. The number of nitrogens with zero attached hydrogens (tertiary/aromatic N) is 2. The van der Waals surface area contributed by atoms with E-state index in [4.69, 9.17) is 9.47 Å². The summed E-state index contributed by atoms with van der Waals surface area (Å²) in [5, 5.41) is 11.3. The van der Waals surface area contributed by atoms with E-state index in [0.29, 0.717) is 36.4 Å². The van der Waals surface area contributed by atoms with E-state index in [-0.39, 0.29) is 17.4 Å². The van der Waals surface area contributed by atoms with Crippen LogP contribution in [0.3, 0.4) is 0 Å². The van der Waals surface area contributed by atoms with Crippen LogP contribution >= 0.6 is 0 Å². The number of hydrogen-bond donors (Lipinski definition) is 1. The molecule has 1 saturated heterocycles. The van der Waals surface area contributed by atoms with Gasteiger partial charge < -0.3 is 19.5 Å². The van der Waals surface area contributed by atoms with Gasteiger partial charge in [-0.05, 0) is 75.1 Å². The minimum absolute atomic E-state index is 0.0821. The highest BCUT2D eigenvalue weighted by Gasteiger charge is 2.45. The van der Waals surface area contributed by atoms with Crippen LogP contribution in [-0.4, -0.2) is 53.0 Å². The van der Waals surface area contributed by atoms with Gasteiger partial charge in [-0.15, -0.1) is 0 Å². The fourth-order valence-electron chi connectivity index (χ4n) is 3.97. The smallest absolute Gasteiger partial charge is 0.295 e. The number of aromatic nitrogens is 1. The molecule has 0 saturated carbocycles. The van der Waals surface area contributed by atoms with Crippen LogP contribution in [0.4, 0.5) is 0 Å². The Morgan fingerprint density at radius 1 is 1.16 bits per heavy atom. The zero-order chi connectivity index (χ0) is 23.4. The van der Waals surface area contributed by atoms with E-state index in [1.165, 1.54) is 4.90 Å². The van der Waals surface area contributed by atoms with E-state index >= 15 is 0 Å². The Morgan fingerprint density at radius 3 is 2.47 bits per heavy atom. The summed E-state index contributed by atoms with van der Waals surface area (Å²) in [6.07, 6.45) is 3.89. The summed E-state index contributed by atoms with van der Waals surface area (Å²) >= 11 is 0. The number of ether oxygens (including phenoxy) is 2. The van der Waals surface area contributed by atoms with Gasteiger partial charge in [0.15, 0.2) is 0 Å². The molecule has 0 bridgehead atoms. The molecule has 1 aromatic carbocycles. The molecule has 1 fully saturated rings. The molecular formula is C25H30N2O5. The third kappa shape index (κ3) is 4.67. The lowest BCUT2D eigenvalue weighted by atomic mass is 9.93. The zero-order valence-electron chi connectivity index (χ0n) is 19.2. The number of rotatable bonds is 8. The van der Waals surface area contributed by atoms with Crippen molar-refractivity contribution in [2.75, 3.05) is 20.3 Å². The summed E-state index contributed by atoms with van der Waals surface area (Å²) in [6.45, 7) is 8.40. The maximum absolute atomic E-state index is 13.1. The maximum atomic E-state index is 13.1. The van der Waals surface area contributed by atoms with Gasteiger partial charge in [0, 0.05) is 31.1 Å². The standard InChI is InChI=1S/C25H30N2O5/c1-15(2)32-12-6-11-27-22(18-7-9-26-10-8-18)21(24(29)25(27)30)23(28)19-13-17(4)20(31-5)14-16(19)3/h7-10,13-15,22,28H,6,11-12H2,1-5H3/b23-21+. The Morgan fingerprint density at radius 2 is 1.84 bits per heavy atom. The first-order valence-corrected chi connectivity index (χ1v) is 10.7. The number of hydrogen-bond acceptors (Lipinski definition) is 6. The number of carbonyl (C=O) groups excluding carboxylic acids is 2. The molecule has 32 heavy (non-hydrogen) atoms. The maximum Gasteiger partial charge on any atom is 0.295 e. The van der Waals surface area contributed by atoms with Gasteiger partial charge in [-0.25, -0.2) is 0 Å². The van der Waals surface area contributed by atoms with E-state index in [9.17, 15) is 14.7 Å². The van der Waals surface area contributed by atoms with Crippen LogP contribution in [0.2, 0.25) is 0 Å². The summed E-state index contributed by atoms with van der Waals surface area (Å²) in [4.78, 5) is 31.6. The largest absolute Gasteiger partial charge is 0.507 e. The number of amides is 1. The first-order valence-electron chi connectivity index (χ1n) is 10.7. The van der Waals surface area contributed by atoms with Gasteiger partial charge in [0.05, 0.1) is 24.8 Å². The number of aryl methyl sites for hydroxylation is 2. The van der Waals surface area contributed by atoms with Crippen LogP contribution in [0, 0.1) is 13.8 Å². The Labute approximate surface area is 188 Å². The molecule has 0 radical (unpaired) electrons. The van der Waals surface area contributed by atoms with Crippen molar-refractivity contribution in [2.24, 2.45) is 0 Å². The van der Waals surface area contributed by atoms with Crippen LogP contribution < -0.4 is 4.74 Å². The fourth-order valence-corrected chi connectivity index (χ4v) is 3.97. The number of aliphatic hydroxyl groups excluding tert-OH is 1. The summed E-state index contributed by atoms with van der Waals surface area (Å²) in [7, 11) is 1.58. The van der Waals surface area contributed by atoms with Crippen molar-refractivity contribution >= 4 is 17.4 Å². The molecule has 1 unspecified atom stereocenters. The number of likely N-dealkylation sites (tertiary alicyclic amines) is 1. The predicted molar refractivity (Wildman–Crippen MR) is 121 cm³/mol. The van der Waals surface area contributed by atoms with Crippen LogP contribution in [0.15, 0.2) is 42.2 Å². The minimum Gasteiger partial charge on any atom is -0.507 e. The molecule has 1 N–H and O–H groups in total. The van der Waals surface area contributed by atoms with Crippen molar-refractivity contribution in [3.8, 4) is 5.75 Å². The van der Waals surface area contributed by atoms with Gasteiger partial charge in [-0.1, -0.05) is 0 Å². The molecule has 1 amide bonds. The van der Waals surface area contributed by atoms with E-state index in [2.05, 4.69) is 4.98 Å². The molecule has 2 aromatic rings. The fraction of sp³-hybridized carbons (Fsp3) is 0.400. The molecule has 170 valence electrons.